The monoisotopic (exact) mass is 623 g/mol. The van der Waals surface area contributed by atoms with Gasteiger partial charge >= 0.3 is 0 Å². The van der Waals surface area contributed by atoms with Crippen molar-refractivity contribution in [2.75, 3.05) is 30.4 Å². The fraction of sp³-hybridized carbons (Fsp3) is 0.457. The van der Waals surface area contributed by atoms with Crippen LogP contribution in [-0.2, 0) is 20.7 Å². The van der Waals surface area contributed by atoms with E-state index in [4.69, 9.17) is 9.72 Å². The minimum atomic E-state index is -1.90. The lowest BCUT2D eigenvalue weighted by Gasteiger charge is -2.28. The van der Waals surface area contributed by atoms with Gasteiger partial charge in [0.2, 0.25) is 5.91 Å². The fourth-order valence-corrected chi connectivity index (χ4v) is 7.62. The highest BCUT2D eigenvalue weighted by Crippen LogP contribution is 2.42. The lowest BCUT2D eigenvalue weighted by molar-refractivity contribution is -0.131. The number of hydrogen-bond acceptors (Lipinski definition) is 8. The molecule has 8 rings (SSSR count). The molecule has 2 unspecified atom stereocenters. The summed E-state index contributed by atoms with van der Waals surface area (Å²) in [5.41, 5.74) is 3.53. The number of benzene rings is 2. The number of morpholine rings is 1. The summed E-state index contributed by atoms with van der Waals surface area (Å²) in [5, 5.41) is 12.2. The Kier molecular flexibility index (Phi) is 7.04. The van der Waals surface area contributed by atoms with E-state index < -0.39 is 17.6 Å². The Balaban J connectivity index is 1.05. The number of carbonyl (C=O) groups excluding carboxylic acids is 2. The van der Waals surface area contributed by atoms with E-state index in [0.717, 1.165) is 53.2 Å². The SMILES string of the molecule is CC1C=NN(C)C1c1ccc(NC(=O)[C@@H](NC(=O)C2(F)CC2)[C@@H]2CCc3ccc(-c4cncc(N5C[C@@H]6C[C@H]5CO6)n4)cc32)cc1. The Morgan fingerprint density at radius 1 is 1.13 bits per heavy atom. The smallest absolute Gasteiger partial charge is 0.258 e. The van der Waals surface area contributed by atoms with Gasteiger partial charge in [0.1, 0.15) is 11.9 Å². The van der Waals surface area contributed by atoms with Crippen molar-refractivity contribution in [3.05, 3.63) is 71.5 Å². The molecule has 3 fully saturated rings. The van der Waals surface area contributed by atoms with E-state index in [2.05, 4.69) is 44.7 Å². The number of fused-ring (bicyclic) bond motifs is 3. The Bertz CT molecular complexity index is 1700. The number of carbonyl (C=O) groups is 2. The molecule has 0 radical (unpaired) electrons. The molecule has 238 valence electrons. The average Bonchev–Trinajstić information content (AvgIpc) is 3.47. The third-order valence-corrected chi connectivity index (χ3v) is 10.4. The number of nitrogens with one attached hydrogen (secondary N) is 2. The lowest BCUT2D eigenvalue weighted by atomic mass is 9.90. The normalized spacial score (nSPS) is 27.5. The van der Waals surface area contributed by atoms with Crippen LogP contribution in [0.15, 0.2) is 60.0 Å². The van der Waals surface area contributed by atoms with E-state index in [-0.39, 0.29) is 42.7 Å². The number of anilines is 2. The standard InChI is InChI=1S/C35H38FN7O3/c1-20-15-38-42(2)32(20)22-5-8-24(9-6-22)39-33(44)31(41-34(45)35(36)11-12-35)27-10-7-21-3-4-23(13-28(21)27)29-16-37-17-30(40-29)43-18-26-14-25(43)19-46-26/h3-6,8-9,13,15-17,20,25-27,31-32H,7,10-12,14,18-19H2,1-2H3,(H,39,44)(H,41,45)/t20?,25-,26-,27+,31-,32?/m0/s1. The van der Waals surface area contributed by atoms with Crippen LogP contribution in [-0.4, -0.2) is 77.1 Å². The summed E-state index contributed by atoms with van der Waals surface area (Å²) < 4.78 is 20.7. The van der Waals surface area contributed by atoms with Gasteiger partial charge in [-0.05, 0) is 67.0 Å². The predicted octanol–water partition coefficient (Wildman–Crippen LogP) is 4.38. The topological polar surface area (TPSA) is 112 Å². The molecule has 46 heavy (non-hydrogen) atoms. The molecule has 4 heterocycles. The Labute approximate surface area is 267 Å². The summed E-state index contributed by atoms with van der Waals surface area (Å²) in [6, 6.07) is 13.4. The first-order valence-corrected chi connectivity index (χ1v) is 16.3. The second-order valence-corrected chi connectivity index (χ2v) is 13.5. The van der Waals surface area contributed by atoms with Crippen molar-refractivity contribution in [3.8, 4) is 11.3 Å². The highest BCUT2D eigenvalue weighted by Gasteiger charge is 2.52. The van der Waals surface area contributed by atoms with Crippen LogP contribution in [0.5, 0.6) is 0 Å². The van der Waals surface area contributed by atoms with E-state index in [1.54, 1.807) is 12.4 Å². The van der Waals surface area contributed by atoms with Crippen LogP contribution < -0.4 is 15.5 Å². The van der Waals surface area contributed by atoms with E-state index in [1.807, 2.05) is 48.6 Å². The molecule has 10 nitrogen and oxygen atoms in total. The van der Waals surface area contributed by atoms with Crippen molar-refractivity contribution < 1.29 is 18.7 Å². The van der Waals surface area contributed by atoms with Crippen molar-refractivity contribution in [1.29, 1.82) is 0 Å². The number of halogens is 1. The van der Waals surface area contributed by atoms with Gasteiger partial charge in [0.15, 0.2) is 5.67 Å². The summed E-state index contributed by atoms with van der Waals surface area (Å²) in [4.78, 5) is 38.7. The van der Waals surface area contributed by atoms with E-state index >= 15 is 0 Å². The largest absolute Gasteiger partial charge is 0.374 e. The molecule has 2 bridgehead atoms. The van der Waals surface area contributed by atoms with Crippen molar-refractivity contribution in [3.63, 3.8) is 0 Å². The van der Waals surface area contributed by atoms with Gasteiger partial charge in [-0.15, -0.1) is 0 Å². The number of aryl methyl sites for hydroxylation is 1. The van der Waals surface area contributed by atoms with Gasteiger partial charge in [-0.1, -0.05) is 31.2 Å². The van der Waals surface area contributed by atoms with Crippen LogP contribution in [0, 0.1) is 5.92 Å². The molecular formula is C35H38FN7O3. The third-order valence-electron chi connectivity index (χ3n) is 10.4. The fourth-order valence-electron chi connectivity index (χ4n) is 7.62. The third kappa shape index (κ3) is 5.20. The zero-order chi connectivity index (χ0) is 31.6. The second kappa shape index (κ2) is 11.2. The molecule has 6 atom stereocenters. The van der Waals surface area contributed by atoms with Gasteiger partial charge in [-0.2, -0.15) is 5.10 Å². The molecule has 2 N–H and O–H groups in total. The number of hydrogen-bond donors (Lipinski definition) is 2. The molecule has 1 saturated carbocycles. The maximum absolute atomic E-state index is 14.9. The first kappa shape index (κ1) is 29.1. The minimum absolute atomic E-state index is 0.130. The average molecular weight is 624 g/mol. The van der Waals surface area contributed by atoms with E-state index in [1.165, 1.54) is 0 Å². The predicted molar refractivity (Wildman–Crippen MR) is 172 cm³/mol. The molecule has 11 heteroatoms. The summed E-state index contributed by atoms with van der Waals surface area (Å²) in [5.74, 6) is -0.302. The molecule has 3 aromatic rings. The number of rotatable bonds is 8. The highest BCUT2D eigenvalue weighted by molar-refractivity contribution is 6.00. The molecule has 3 aliphatic heterocycles. The molecule has 2 amide bonds. The highest BCUT2D eigenvalue weighted by atomic mass is 19.1. The Morgan fingerprint density at radius 2 is 1.96 bits per heavy atom. The van der Waals surface area contributed by atoms with Crippen molar-refractivity contribution in [1.82, 2.24) is 20.3 Å². The number of hydrazone groups is 1. The first-order valence-electron chi connectivity index (χ1n) is 16.3. The summed E-state index contributed by atoms with van der Waals surface area (Å²) in [6.45, 7) is 3.65. The van der Waals surface area contributed by atoms with Crippen LogP contribution in [0.1, 0.15) is 61.3 Å². The van der Waals surface area contributed by atoms with Gasteiger partial charge < -0.3 is 20.3 Å². The summed E-state index contributed by atoms with van der Waals surface area (Å²) in [7, 11) is 1.95. The summed E-state index contributed by atoms with van der Waals surface area (Å²) in [6.07, 6.45) is 8.52. The maximum atomic E-state index is 14.9. The van der Waals surface area contributed by atoms with Crippen LogP contribution in [0.25, 0.3) is 11.3 Å². The number of nitrogens with zero attached hydrogens (tertiary/aromatic N) is 5. The number of alkyl halides is 1. The minimum Gasteiger partial charge on any atom is -0.374 e. The van der Waals surface area contributed by atoms with Crippen molar-refractivity contribution in [2.24, 2.45) is 11.0 Å². The molecule has 2 saturated heterocycles. The Morgan fingerprint density at radius 3 is 2.65 bits per heavy atom. The van der Waals surface area contributed by atoms with Gasteiger partial charge in [0.05, 0.1) is 42.9 Å². The van der Waals surface area contributed by atoms with Gasteiger partial charge in [-0.3, -0.25) is 19.6 Å². The van der Waals surface area contributed by atoms with Crippen LogP contribution in [0.2, 0.25) is 0 Å². The van der Waals surface area contributed by atoms with Crippen molar-refractivity contribution in [2.45, 2.75) is 74.8 Å². The molecule has 0 spiro atoms. The zero-order valence-electron chi connectivity index (χ0n) is 26.0. The molecule has 5 aliphatic rings. The molecule has 1 aromatic heterocycles. The van der Waals surface area contributed by atoms with Crippen LogP contribution in [0.3, 0.4) is 0 Å². The molecular weight excluding hydrogens is 585 g/mol. The number of amides is 2. The molecule has 2 aliphatic carbocycles. The Hall–Kier alpha value is -4.38. The quantitative estimate of drug-likeness (QED) is 0.383. The summed E-state index contributed by atoms with van der Waals surface area (Å²) >= 11 is 0. The van der Waals surface area contributed by atoms with Gasteiger partial charge in [0.25, 0.3) is 5.91 Å². The second-order valence-electron chi connectivity index (χ2n) is 13.5. The van der Waals surface area contributed by atoms with Gasteiger partial charge in [-0.25, -0.2) is 9.37 Å². The molecule has 2 aromatic carbocycles. The van der Waals surface area contributed by atoms with Crippen LogP contribution in [0.4, 0.5) is 15.9 Å². The van der Waals surface area contributed by atoms with Crippen LogP contribution >= 0.6 is 0 Å². The number of aromatic nitrogens is 2. The first-order chi connectivity index (χ1) is 22.3. The number of ether oxygens (including phenoxy) is 1. The van der Waals surface area contributed by atoms with Gasteiger partial charge in [0, 0.05) is 42.9 Å². The lowest BCUT2D eigenvalue weighted by Crippen LogP contribution is -2.50. The maximum Gasteiger partial charge on any atom is 0.258 e. The van der Waals surface area contributed by atoms with E-state index in [0.29, 0.717) is 24.8 Å². The van der Waals surface area contributed by atoms with Crippen molar-refractivity contribution >= 4 is 29.5 Å². The van der Waals surface area contributed by atoms with E-state index in [9.17, 15) is 14.0 Å². The zero-order valence-corrected chi connectivity index (χ0v) is 26.0.